The van der Waals surface area contributed by atoms with Gasteiger partial charge in [-0.1, -0.05) is 0 Å². The van der Waals surface area contributed by atoms with E-state index in [-0.39, 0.29) is 5.56 Å². The summed E-state index contributed by atoms with van der Waals surface area (Å²) in [7, 11) is 0. The van der Waals surface area contributed by atoms with Crippen molar-refractivity contribution in [1.82, 2.24) is 9.78 Å². The second-order valence-corrected chi connectivity index (χ2v) is 4.97. The molecule has 1 aromatic heterocycles. The van der Waals surface area contributed by atoms with E-state index in [9.17, 15) is 13.6 Å². The lowest BCUT2D eigenvalue weighted by Crippen LogP contribution is -2.13. The molecule has 20 heavy (non-hydrogen) atoms. The van der Waals surface area contributed by atoms with E-state index >= 15 is 0 Å². The van der Waals surface area contributed by atoms with Crippen molar-refractivity contribution in [2.24, 2.45) is 5.92 Å². The van der Waals surface area contributed by atoms with E-state index in [1.165, 1.54) is 19.0 Å². The molecule has 2 aromatic rings. The molecule has 0 radical (unpaired) electrons. The maximum atomic E-state index is 13.5. The van der Waals surface area contributed by atoms with Crippen molar-refractivity contribution in [3.05, 3.63) is 47.8 Å². The Morgan fingerprint density at radius 2 is 2.20 bits per heavy atom. The number of hydrogen-bond acceptors (Lipinski definition) is 2. The first-order chi connectivity index (χ1) is 9.61. The highest BCUT2D eigenvalue weighted by molar-refractivity contribution is 6.04. The SMILES string of the molecule is O=C(Nc1cnn(CC2CC2)c1)c1ccc(F)cc1F. The van der Waals surface area contributed by atoms with Gasteiger partial charge >= 0.3 is 0 Å². The summed E-state index contributed by atoms with van der Waals surface area (Å²) in [5, 5.41) is 6.68. The molecule has 1 aromatic carbocycles. The number of nitrogens with one attached hydrogen (secondary N) is 1. The molecule has 1 amide bonds. The highest BCUT2D eigenvalue weighted by atomic mass is 19.1. The fourth-order valence-electron chi connectivity index (χ4n) is 1.96. The quantitative estimate of drug-likeness (QED) is 0.934. The molecule has 0 bridgehead atoms. The van der Waals surface area contributed by atoms with Gasteiger partial charge in [-0.15, -0.1) is 0 Å². The average molecular weight is 277 g/mol. The molecule has 1 aliphatic carbocycles. The van der Waals surface area contributed by atoms with Gasteiger partial charge < -0.3 is 5.32 Å². The summed E-state index contributed by atoms with van der Waals surface area (Å²) in [6.07, 6.45) is 5.64. The normalized spacial score (nSPS) is 14.3. The molecule has 4 nitrogen and oxygen atoms in total. The zero-order chi connectivity index (χ0) is 14.1. The molecule has 104 valence electrons. The van der Waals surface area contributed by atoms with Gasteiger partial charge in [0.25, 0.3) is 5.91 Å². The summed E-state index contributed by atoms with van der Waals surface area (Å²) in [5.41, 5.74) is 0.306. The van der Waals surface area contributed by atoms with E-state index in [1.54, 1.807) is 10.9 Å². The molecule has 1 aliphatic rings. The van der Waals surface area contributed by atoms with Crippen molar-refractivity contribution >= 4 is 11.6 Å². The van der Waals surface area contributed by atoms with Crippen molar-refractivity contribution in [3.63, 3.8) is 0 Å². The highest BCUT2D eigenvalue weighted by Gasteiger charge is 2.22. The summed E-state index contributed by atoms with van der Waals surface area (Å²) in [4.78, 5) is 11.9. The standard InChI is InChI=1S/C14H13F2N3O/c15-10-3-4-12(13(16)5-10)14(20)18-11-6-17-19(8-11)7-9-1-2-9/h3-6,8-9H,1-2,7H2,(H,18,20). The highest BCUT2D eigenvalue weighted by Crippen LogP contribution is 2.30. The Balaban J connectivity index is 1.69. The number of benzene rings is 1. The van der Waals surface area contributed by atoms with E-state index in [0.717, 1.165) is 18.7 Å². The van der Waals surface area contributed by atoms with E-state index < -0.39 is 17.5 Å². The Hall–Kier alpha value is -2.24. The van der Waals surface area contributed by atoms with Gasteiger partial charge in [0.05, 0.1) is 17.4 Å². The third-order valence-corrected chi connectivity index (χ3v) is 3.21. The van der Waals surface area contributed by atoms with Crippen molar-refractivity contribution in [2.45, 2.75) is 19.4 Å². The number of hydrogen-bond donors (Lipinski definition) is 1. The van der Waals surface area contributed by atoms with Crippen molar-refractivity contribution < 1.29 is 13.6 Å². The molecule has 6 heteroatoms. The number of amides is 1. The summed E-state index contributed by atoms with van der Waals surface area (Å²) in [6, 6.07) is 2.86. The molecular formula is C14H13F2N3O. The molecular weight excluding hydrogens is 264 g/mol. The molecule has 1 saturated carbocycles. The van der Waals surface area contributed by atoms with Crippen molar-refractivity contribution in [3.8, 4) is 0 Å². The minimum Gasteiger partial charge on any atom is -0.319 e. The fourth-order valence-corrected chi connectivity index (χ4v) is 1.96. The van der Waals surface area contributed by atoms with Crippen LogP contribution in [0.5, 0.6) is 0 Å². The first-order valence-electron chi connectivity index (χ1n) is 6.40. The average Bonchev–Trinajstić information content (AvgIpc) is 3.09. The van der Waals surface area contributed by atoms with Crippen LogP contribution in [0.4, 0.5) is 14.5 Å². The maximum Gasteiger partial charge on any atom is 0.258 e. The Kier molecular flexibility index (Phi) is 3.22. The van der Waals surface area contributed by atoms with E-state index in [0.29, 0.717) is 17.7 Å². The Bertz CT molecular complexity index is 650. The van der Waals surface area contributed by atoms with Crippen LogP contribution in [0.1, 0.15) is 23.2 Å². The molecule has 0 aliphatic heterocycles. The monoisotopic (exact) mass is 277 g/mol. The summed E-state index contributed by atoms with van der Waals surface area (Å²) >= 11 is 0. The van der Waals surface area contributed by atoms with Crippen LogP contribution in [0.3, 0.4) is 0 Å². The number of carbonyl (C=O) groups excluding carboxylic acids is 1. The summed E-state index contributed by atoms with van der Waals surface area (Å²) in [5.74, 6) is -1.54. The predicted molar refractivity (Wildman–Crippen MR) is 69.3 cm³/mol. The van der Waals surface area contributed by atoms with Crippen LogP contribution in [0, 0.1) is 17.6 Å². The number of nitrogens with zero attached hydrogens (tertiary/aromatic N) is 2. The number of rotatable bonds is 4. The third kappa shape index (κ3) is 2.84. The van der Waals surface area contributed by atoms with Crippen LogP contribution in [0.25, 0.3) is 0 Å². The third-order valence-electron chi connectivity index (χ3n) is 3.21. The topological polar surface area (TPSA) is 46.9 Å². The number of aromatic nitrogens is 2. The minimum atomic E-state index is -0.882. The summed E-state index contributed by atoms with van der Waals surface area (Å²) in [6.45, 7) is 0.834. The summed E-state index contributed by atoms with van der Waals surface area (Å²) < 4.78 is 28.0. The van der Waals surface area contributed by atoms with E-state index in [4.69, 9.17) is 0 Å². The second-order valence-electron chi connectivity index (χ2n) is 4.97. The Morgan fingerprint density at radius 3 is 2.90 bits per heavy atom. The first-order valence-corrected chi connectivity index (χ1v) is 6.40. The number of anilines is 1. The molecule has 0 atom stereocenters. The van der Waals surface area contributed by atoms with E-state index in [1.807, 2.05) is 0 Å². The van der Waals surface area contributed by atoms with Crippen LogP contribution in [0.2, 0.25) is 0 Å². The molecule has 1 heterocycles. The van der Waals surface area contributed by atoms with Crippen molar-refractivity contribution in [1.29, 1.82) is 0 Å². The van der Waals surface area contributed by atoms with Gasteiger partial charge in [0.2, 0.25) is 0 Å². The van der Waals surface area contributed by atoms with Gasteiger partial charge in [0, 0.05) is 18.8 Å². The number of halogens is 2. The van der Waals surface area contributed by atoms with Crippen LogP contribution >= 0.6 is 0 Å². The lowest BCUT2D eigenvalue weighted by Gasteiger charge is -2.03. The second kappa shape index (κ2) is 5.03. The lowest BCUT2D eigenvalue weighted by atomic mass is 10.2. The van der Waals surface area contributed by atoms with Gasteiger partial charge in [-0.25, -0.2) is 8.78 Å². The number of carbonyl (C=O) groups is 1. The zero-order valence-corrected chi connectivity index (χ0v) is 10.6. The van der Waals surface area contributed by atoms with Crippen LogP contribution in [-0.4, -0.2) is 15.7 Å². The van der Waals surface area contributed by atoms with Gasteiger partial charge in [0.15, 0.2) is 0 Å². The Labute approximate surface area is 114 Å². The minimum absolute atomic E-state index is 0.193. The molecule has 1 fully saturated rings. The smallest absolute Gasteiger partial charge is 0.258 e. The molecule has 3 rings (SSSR count). The first kappa shape index (κ1) is 12.8. The predicted octanol–water partition coefficient (Wildman–Crippen LogP) is 2.82. The lowest BCUT2D eigenvalue weighted by molar-refractivity contribution is 0.102. The van der Waals surface area contributed by atoms with Gasteiger partial charge in [-0.2, -0.15) is 5.10 Å². The van der Waals surface area contributed by atoms with Crippen LogP contribution in [0.15, 0.2) is 30.6 Å². The molecule has 1 N–H and O–H groups in total. The largest absolute Gasteiger partial charge is 0.319 e. The van der Waals surface area contributed by atoms with Crippen molar-refractivity contribution in [2.75, 3.05) is 5.32 Å². The fraction of sp³-hybridized carbons (Fsp3) is 0.286. The van der Waals surface area contributed by atoms with Crippen LogP contribution < -0.4 is 5.32 Å². The van der Waals surface area contributed by atoms with Crippen LogP contribution in [-0.2, 0) is 6.54 Å². The maximum absolute atomic E-state index is 13.5. The van der Waals surface area contributed by atoms with E-state index in [2.05, 4.69) is 10.4 Å². The molecule has 0 spiro atoms. The molecule has 0 unspecified atom stereocenters. The van der Waals surface area contributed by atoms with Gasteiger partial charge in [-0.05, 0) is 30.9 Å². The Morgan fingerprint density at radius 1 is 1.40 bits per heavy atom. The zero-order valence-electron chi connectivity index (χ0n) is 10.6. The van der Waals surface area contributed by atoms with Gasteiger partial charge in [0.1, 0.15) is 11.6 Å². The molecule has 0 saturated heterocycles. The van der Waals surface area contributed by atoms with Gasteiger partial charge in [-0.3, -0.25) is 9.48 Å².